The van der Waals surface area contributed by atoms with Crippen molar-refractivity contribution in [2.24, 2.45) is 0 Å². The molecule has 2 nitrogen and oxygen atoms in total. The van der Waals surface area contributed by atoms with Crippen LogP contribution in [0.3, 0.4) is 0 Å². The topological polar surface area (TPSA) is 21.3 Å². The van der Waals surface area contributed by atoms with Gasteiger partial charge in [0.1, 0.15) is 0 Å². The van der Waals surface area contributed by atoms with Crippen LogP contribution in [-0.4, -0.2) is 25.3 Å². The lowest BCUT2D eigenvalue weighted by molar-refractivity contribution is -0.0965. The third kappa shape index (κ3) is 2.29. The second-order valence-corrected chi connectivity index (χ2v) is 4.92. The van der Waals surface area contributed by atoms with Crippen LogP contribution in [0.15, 0.2) is 0 Å². The minimum atomic E-state index is 0.252. The maximum Gasteiger partial charge on any atom is 0.0697 e. The zero-order valence-corrected chi connectivity index (χ0v) is 9.35. The molecule has 82 valence electrons. The van der Waals surface area contributed by atoms with Crippen molar-refractivity contribution >= 4 is 0 Å². The Kier molecular flexibility index (Phi) is 3.45. The molecule has 2 aliphatic rings. The first-order chi connectivity index (χ1) is 6.85. The van der Waals surface area contributed by atoms with E-state index in [4.69, 9.17) is 4.74 Å². The lowest BCUT2D eigenvalue weighted by Gasteiger charge is -2.40. The van der Waals surface area contributed by atoms with E-state index < -0.39 is 0 Å². The largest absolute Gasteiger partial charge is 0.375 e. The van der Waals surface area contributed by atoms with Crippen LogP contribution in [0.1, 0.15) is 51.4 Å². The Morgan fingerprint density at radius 2 is 1.86 bits per heavy atom. The maximum atomic E-state index is 6.08. The molecule has 1 aliphatic carbocycles. The molecule has 2 heteroatoms. The van der Waals surface area contributed by atoms with Crippen LogP contribution < -0.4 is 5.32 Å². The monoisotopic (exact) mass is 197 g/mol. The van der Waals surface area contributed by atoms with Crippen LogP contribution in [0.5, 0.6) is 0 Å². The molecule has 0 aromatic carbocycles. The number of nitrogens with one attached hydrogen (secondary N) is 1. The van der Waals surface area contributed by atoms with E-state index in [-0.39, 0.29) is 5.60 Å². The smallest absolute Gasteiger partial charge is 0.0697 e. The van der Waals surface area contributed by atoms with Crippen LogP contribution >= 0.6 is 0 Å². The summed E-state index contributed by atoms with van der Waals surface area (Å²) in [5.74, 6) is 0. The van der Waals surface area contributed by atoms with Crippen molar-refractivity contribution in [3.05, 3.63) is 0 Å². The quantitative estimate of drug-likeness (QED) is 0.697. The van der Waals surface area contributed by atoms with E-state index in [1.807, 2.05) is 0 Å². The van der Waals surface area contributed by atoms with Crippen LogP contribution in [0.4, 0.5) is 0 Å². The van der Waals surface area contributed by atoms with Crippen molar-refractivity contribution in [3.8, 4) is 0 Å². The first-order valence-electron chi connectivity index (χ1n) is 6.16. The molecule has 0 aromatic heterocycles. The third-order valence-corrected chi connectivity index (χ3v) is 3.92. The molecule has 0 aromatic rings. The Labute approximate surface area is 87.4 Å². The van der Waals surface area contributed by atoms with Crippen molar-refractivity contribution in [1.82, 2.24) is 5.32 Å². The maximum absolute atomic E-state index is 6.08. The summed E-state index contributed by atoms with van der Waals surface area (Å²) < 4.78 is 6.08. The Morgan fingerprint density at radius 3 is 2.50 bits per heavy atom. The first kappa shape index (κ1) is 10.4. The number of hydrogen-bond donors (Lipinski definition) is 1. The molecule has 1 saturated carbocycles. The van der Waals surface area contributed by atoms with E-state index in [9.17, 15) is 0 Å². The SMILES string of the molecule is CNC1CCOC2(CCCCCC2)C1. The summed E-state index contributed by atoms with van der Waals surface area (Å²) in [7, 11) is 2.08. The summed E-state index contributed by atoms with van der Waals surface area (Å²) >= 11 is 0. The summed E-state index contributed by atoms with van der Waals surface area (Å²) in [4.78, 5) is 0. The van der Waals surface area contributed by atoms with Gasteiger partial charge in [0.05, 0.1) is 5.60 Å². The first-order valence-corrected chi connectivity index (χ1v) is 6.16. The summed E-state index contributed by atoms with van der Waals surface area (Å²) in [6, 6.07) is 0.696. The van der Waals surface area contributed by atoms with Gasteiger partial charge in [0.15, 0.2) is 0 Å². The predicted octanol–water partition coefficient (Wildman–Crippen LogP) is 2.48. The van der Waals surface area contributed by atoms with Crippen LogP contribution in [0.2, 0.25) is 0 Å². The van der Waals surface area contributed by atoms with Crippen LogP contribution in [0, 0.1) is 0 Å². The van der Waals surface area contributed by atoms with Gasteiger partial charge in [-0.3, -0.25) is 0 Å². The average Bonchev–Trinajstić information content (AvgIpc) is 2.44. The molecule has 1 saturated heterocycles. The van der Waals surface area contributed by atoms with Crippen molar-refractivity contribution in [1.29, 1.82) is 0 Å². The van der Waals surface area contributed by atoms with Gasteiger partial charge in [-0.05, 0) is 32.7 Å². The van der Waals surface area contributed by atoms with Gasteiger partial charge in [-0.1, -0.05) is 25.7 Å². The molecule has 0 amide bonds. The highest BCUT2D eigenvalue weighted by Crippen LogP contribution is 2.37. The third-order valence-electron chi connectivity index (χ3n) is 3.92. The second-order valence-electron chi connectivity index (χ2n) is 4.92. The molecule has 1 heterocycles. The van der Waals surface area contributed by atoms with Crippen LogP contribution in [0.25, 0.3) is 0 Å². The van der Waals surface area contributed by atoms with Gasteiger partial charge in [0.25, 0.3) is 0 Å². The van der Waals surface area contributed by atoms with Crippen molar-refractivity contribution in [3.63, 3.8) is 0 Å². The van der Waals surface area contributed by atoms with Gasteiger partial charge < -0.3 is 10.1 Å². The number of ether oxygens (including phenoxy) is 1. The molecule has 0 radical (unpaired) electrons. The van der Waals surface area contributed by atoms with Gasteiger partial charge in [-0.2, -0.15) is 0 Å². The Hall–Kier alpha value is -0.0800. The molecular weight excluding hydrogens is 174 g/mol. The standard InChI is InChI=1S/C12H23NO/c1-13-11-6-9-14-12(10-11)7-4-2-3-5-8-12/h11,13H,2-10H2,1H3. The minimum absolute atomic E-state index is 0.252. The van der Waals surface area contributed by atoms with Gasteiger partial charge in [-0.25, -0.2) is 0 Å². The Bertz CT molecular complexity index is 173. The molecule has 1 aliphatic heterocycles. The number of rotatable bonds is 1. The van der Waals surface area contributed by atoms with Gasteiger partial charge >= 0.3 is 0 Å². The van der Waals surface area contributed by atoms with E-state index >= 15 is 0 Å². The van der Waals surface area contributed by atoms with Crippen LogP contribution in [-0.2, 0) is 4.74 Å². The molecule has 1 N–H and O–H groups in total. The summed E-state index contributed by atoms with van der Waals surface area (Å²) in [5, 5.41) is 3.42. The molecule has 2 fully saturated rings. The lowest BCUT2D eigenvalue weighted by atomic mass is 9.84. The molecule has 1 atom stereocenters. The number of hydrogen-bond acceptors (Lipinski definition) is 2. The molecule has 0 bridgehead atoms. The Morgan fingerprint density at radius 1 is 1.14 bits per heavy atom. The second kappa shape index (κ2) is 4.63. The van der Waals surface area contributed by atoms with Crippen molar-refractivity contribution < 1.29 is 4.74 Å². The highest BCUT2D eigenvalue weighted by atomic mass is 16.5. The molecule has 1 spiro atoms. The van der Waals surface area contributed by atoms with E-state index in [1.165, 1.54) is 51.4 Å². The van der Waals surface area contributed by atoms with Gasteiger partial charge in [0, 0.05) is 12.6 Å². The fraction of sp³-hybridized carbons (Fsp3) is 1.00. The summed E-state index contributed by atoms with van der Waals surface area (Å²) in [5.41, 5.74) is 0.252. The van der Waals surface area contributed by atoms with E-state index in [0.29, 0.717) is 6.04 Å². The highest BCUT2D eigenvalue weighted by Gasteiger charge is 2.36. The zero-order valence-electron chi connectivity index (χ0n) is 9.35. The van der Waals surface area contributed by atoms with Gasteiger partial charge in [0.2, 0.25) is 0 Å². The lowest BCUT2D eigenvalue weighted by Crippen LogP contribution is -2.45. The van der Waals surface area contributed by atoms with E-state index in [2.05, 4.69) is 12.4 Å². The fourth-order valence-electron chi connectivity index (χ4n) is 3.00. The van der Waals surface area contributed by atoms with Crippen molar-refractivity contribution in [2.75, 3.05) is 13.7 Å². The zero-order chi connectivity index (χ0) is 9.86. The molecule has 1 unspecified atom stereocenters. The van der Waals surface area contributed by atoms with E-state index in [0.717, 1.165) is 6.61 Å². The normalized spacial score (nSPS) is 32.8. The summed E-state index contributed by atoms with van der Waals surface area (Å²) in [6.45, 7) is 0.964. The fourth-order valence-corrected chi connectivity index (χ4v) is 3.00. The Balaban J connectivity index is 1.97. The minimum Gasteiger partial charge on any atom is -0.375 e. The average molecular weight is 197 g/mol. The predicted molar refractivity (Wildman–Crippen MR) is 58.5 cm³/mol. The van der Waals surface area contributed by atoms with E-state index in [1.54, 1.807) is 0 Å². The van der Waals surface area contributed by atoms with Crippen molar-refractivity contribution in [2.45, 2.75) is 63.0 Å². The highest BCUT2D eigenvalue weighted by molar-refractivity contribution is 4.90. The molecule has 14 heavy (non-hydrogen) atoms. The molecular formula is C12H23NO. The summed E-state index contributed by atoms with van der Waals surface area (Å²) in [6.07, 6.45) is 10.6. The van der Waals surface area contributed by atoms with Gasteiger partial charge in [-0.15, -0.1) is 0 Å². The molecule has 2 rings (SSSR count).